The van der Waals surface area contributed by atoms with Crippen LogP contribution in [0.4, 0.5) is 16.2 Å². The van der Waals surface area contributed by atoms with Crippen LogP contribution in [0.3, 0.4) is 0 Å². The lowest BCUT2D eigenvalue weighted by Crippen LogP contribution is -2.38. The van der Waals surface area contributed by atoms with Gasteiger partial charge in [-0.2, -0.15) is 0 Å². The van der Waals surface area contributed by atoms with Crippen LogP contribution in [0.2, 0.25) is 0 Å². The van der Waals surface area contributed by atoms with Crippen molar-refractivity contribution in [2.75, 3.05) is 12.4 Å². The zero-order chi connectivity index (χ0) is 24.6. The first kappa shape index (κ1) is 23.5. The van der Waals surface area contributed by atoms with Gasteiger partial charge in [-0.25, -0.2) is 4.79 Å². The molecule has 0 atom stereocenters. The Bertz CT molecular complexity index is 1220. The highest BCUT2D eigenvalue weighted by Gasteiger charge is 2.27. The monoisotopic (exact) mass is 467 g/mol. The van der Waals surface area contributed by atoms with Crippen molar-refractivity contribution >= 4 is 17.4 Å². The second kappa shape index (κ2) is 11.0. The Labute approximate surface area is 203 Å². The summed E-state index contributed by atoms with van der Waals surface area (Å²) in [5.74, 6) is 0.735. The molecule has 176 valence electrons. The van der Waals surface area contributed by atoms with Crippen LogP contribution in [0.25, 0.3) is 0 Å². The topological polar surface area (TPSA) is 84.7 Å². The normalized spacial score (nSPS) is 10.6. The number of hydrogen-bond acceptors (Lipinski definition) is 4. The lowest BCUT2D eigenvalue weighted by molar-refractivity contribution is -0.384. The van der Waals surface area contributed by atoms with Crippen LogP contribution in [0.5, 0.6) is 5.75 Å². The minimum Gasteiger partial charge on any atom is -0.497 e. The Kier molecular flexibility index (Phi) is 7.37. The molecule has 0 heterocycles. The molecular weight excluding hydrogens is 442 g/mol. The van der Waals surface area contributed by atoms with Crippen LogP contribution in [0.1, 0.15) is 22.7 Å². The molecule has 35 heavy (non-hydrogen) atoms. The van der Waals surface area contributed by atoms with E-state index in [4.69, 9.17) is 4.74 Å². The standard InChI is InChI=1S/C28H25N3O4/c1-35-26-18-12-21(13-19-26)20-30(28(32)29-24-14-16-25(17-15-24)31(33)34)27(22-8-4-2-5-9-22)23-10-6-3-7-11-23/h2-19,27H,20H2,1H3,(H,29,32). The van der Waals surface area contributed by atoms with Gasteiger partial charge in [-0.15, -0.1) is 0 Å². The Morgan fingerprint density at radius 3 is 1.89 bits per heavy atom. The van der Waals surface area contributed by atoms with E-state index in [2.05, 4.69) is 5.32 Å². The number of rotatable bonds is 8. The quantitative estimate of drug-likeness (QED) is 0.239. The third-order valence-electron chi connectivity index (χ3n) is 5.64. The van der Waals surface area contributed by atoms with Gasteiger partial charge in [0.25, 0.3) is 5.69 Å². The van der Waals surface area contributed by atoms with E-state index in [1.807, 2.05) is 84.9 Å². The minimum absolute atomic E-state index is 0.0375. The van der Waals surface area contributed by atoms with E-state index in [9.17, 15) is 14.9 Å². The van der Waals surface area contributed by atoms with E-state index in [0.29, 0.717) is 12.2 Å². The molecule has 0 aromatic heterocycles. The van der Waals surface area contributed by atoms with Gasteiger partial charge in [0.15, 0.2) is 0 Å². The molecule has 7 nitrogen and oxygen atoms in total. The van der Waals surface area contributed by atoms with E-state index >= 15 is 0 Å². The van der Waals surface area contributed by atoms with Crippen LogP contribution in [0, 0.1) is 10.1 Å². The summed E-state index contributed by atoms with van der Waals surface area (Å²) in [5.41, 5.74) is 3.29. The number of nitrogens with zero attached hydrogens (tertiary/aromatic N) is 2. The highest BCUT2D eigenvalue weighted by Crippen LogP contribution is 2.31. The van der Waals surface area contributed by atoms with Crippen molar-refractivity contribution in [3.63, 3.8) is 0 Å². The fourth-order valence-electron chi connectivity index (χ4n) is 3.89. The third kappa shape index (κ3) is 5.83. The lowest BCUT2D eigenvalue weighted by atomic mass is 9.96. The summed E-state index contributed by atoms with van der Waals surface area (Å²) in [6.07, 6.45) is 0. The number of carbonyl (C=O) groups is 1. The number of nitro benzene ring substituents is 1. The fraction of sp³-hybridized carbons (Fsp3) is 0.107. The van der Waals surface area contributed by atoms with Gasteiger partial charge in [0.1, 0.15) is 5.75 Å². The maximum Gasteiger partial charge on any atom is 0.322 e. The van der Waals surface area contributed by atoms with Crippen LogP contribution in [-0.4, -0.2) is 23.0 Å². The van der Waals surface area contributed by atoms with E-state index in [1.54, 1.807) is 12.0 Å². The molecule has 0 unspecified atom stereocenters. The van der Waals surface area contributed by atoms with Crippen molar-refractivity contribution in [1.82, 2.24) is 4.90 Å². The van der Waals surface area contributed by atoms with Crippen molar-refractivity contribution in [3.8, 4) is 5.75 Å². The number of benzene rings is 4. The van der Waals surface area contributed by atoms with E-state index < -0.39 is 4.92 Å². The summed E-state index contributed by atoms with van der Waals surface area (Å²) in [6.45, 7) is 0.331. The average Bonchev–Trinajstić information content (AvgIpc) is 2.90. The van der Waals surface area contributed by atoms with Crippen LogP contribution in [0.15, 0.2) is 109 Å². The number of urea groups is 1. The van der Waals surface area contributed by atoms with Gasteiger partial charge in [-0.05, 0) is 41.0 Å². The van der Waals surface area contributed by atoms with Crippen molar-refractivity contribution in [2.45, 2.75) is 12.6 Å². The van der Waals surface area contributed by atoms with Crippen LogP contribution in [-0.2, 0) is 6.54 Å². The molecule has 7 heteroatoms. The molecule has 4 rings (SSSR count). The highest BCUT2D eigenvalue weighted by molar-refractivity contribution is 5.90. The SMILES string of the molecule is COc1ccc(CN(C(=O)Nc2ccc([N+](=O)[O-])cc2)C(c2ccccc2)c2ccccc2)cc1. The second-order valence-electron chi connectivity index (χ2n) is 7.93. The fourth-order valence-corrected chi connectivity index (χ4v) is 3.89. The van der Waals surface area contributed by atoms with Gasteiger partial charge in [-0.1, -0.05) is 72.8 Å². The Balaban J connectivity index is 1.72. The Morgan fingerprint density at radius 1 is 0.857 bits per heavy atom. The lowest BCUT2D eigenvalue weighted by Gasteiger charge is -2.33. The summed E-state index contributed by atoms with van der Waals surface area (Å²) >= 11 is 0. The van der Waals surface area contributed by atoms with Crippen LogP contribution >= 0.6 is 0 Å². The molecule has 0 fully saturated rings. The average molecular weight is 468 g/mol. The minimum atomic E-state index is -0.470. The zero-order valence-electron chi connectivity index (χ0n) is 19.2. The largest absolute Gasteiger partial charge is 0.497 e. The molecule has 0 radical (unpaired) electrons. The summed E-state index contributed by atoms with van der Waals surface area (Å²) < 4.78 is 5.27. The number of ether oxygens (including phenoxy) is 1. The first-order valence-electron chi connectivity index (χ1n) is 11.1. The smallest absolute Gasteiger partial charge is 0.322 e. The maximum atomic E-state index is 13.7. The predicted octanol–water partition coefficient (Wildman–Crippen LogP) is 6.43. The van der Waals surface area contributed by atoms with Crippen LogP contribution < -0.4 is 10.1 Å². The molecule has 0 aliphatic rings. The summed E-state index contributed by atoms with van der Waals surface area (Å²) in [7, 11) is 1.61. The number of hydrogen-bond donors (Lipinski definition) is 1. The van der Waals surface area contributed by atoms with Gasteiger partial charge in [-0.3, -0.25) is 10.1 Å². The molecular formula is C28H25N3O4. The Morgan fingerprint density at radius 2 is 1.40 bits per heavy atom. The zero-order valence-corrected chi connectivity index (χ0v) is 19.2. The molecule has 0 saturated carbocycles. The van der Waals surface area contributed by atoms with Crippen molar-refractivity contribution < 1.29 is 14.5 Å². The molecule has 2 amide bonds. The van der Waals surface area contributed by atoms with E-state index in [-0.39, 0.29) is 17.8 Å². The number of carbonyl (C=O) groups excluding carboxylic acids is 1. The molecule has 4 aromatic carbocycles. The number of nitro groups is 1. The molecule has 1 N–H and O–H groups in total. The van der Waals surface area contributed by atoms with Gasteiger partial charge >= 0.3 is 6.03 Å². The first-order chi connectivity index (χ1) is 17.0. The van der Waals surface area contributed by atoms with Crippen molar-refractivity contribution in [3.05, 3.63) is 136 Å². The molecule has 0 bridgehead atoms. The molecule has 0 aliphatic carbocycles. The number of amides is 2. The number of non-ortho nitro benzene ring substituents is 1. The predicted molar refractivity (Wildman–Crippen MR) is 135 cm³/mol. The van der Waals surface area contributed by atoms with Gasteiger partial charge in [0.05, 0.1) is 18.1 Å². The number of methoxy groups -OCH3 is 1. The van der Waals surface area contributed by atoms with Crippen molar-refractivity contribution in [1.29, 1.82) is 0 Å². The summed E-state index contributed by atoms with van der Waals surface area (Å²) in [4.78, 5) is 26.0. The third-order valence-corrected chi connectivity index (χ3v) is 5.64. The molecule has 0 aliphatic heterocycles. The highest BCUT2D eigenvalue weighted by atomic mass is 16.6. The Hall–Kier alpha value is -4.65. The molecule has 0 spiro atoms. The first-order valence-corrected chi connectivity index (χ1v) is 11.1. The summed E-state index contributed by atoms with van der Waals surface area (Å²) in [5, 5.41) is 13.9. The van der Waals surface area contributed by atoms with Gasteiger partial charge in [0, 0.05) is 24.4 Å². The van der Waals surface area contributed by atoms with Gasteiger partial charge in [0.2, 0.25) is 0 Å². The van der Waals surface area contributed by atoms with E-state index in [0.717, 1.165) is 22.4 Å². The number of nitrogens with one attached hydrogen (secondary N) is 1. The second-order valence-corrected chi connectivity index (χ2v) is 7.93. The summed E-state index contributed by atoms with van der Waals surface area (Å²) in [6, 6.07) is 32.4. The van der Waals surface area contributed by atoms with Gasteiger partial charge < -0.3 is 15.0 Å². The molecule has 4 aromatic rings. The van der Waals surface area contributed by atoms with Crippen molar-refractivity contribution in [2.24, 2.45) is 0 Å². The van der Waals surface area contributed by atoms with E-state index in [1.165, 1.54) is 24.3 Å². The maximum absolute atomic E-state index is 13.7. The number of anilines is 1. The molecule has 0 saturated heterocycles.